The van der Waals surface area contributed by atoms with Crippen molar-refractivity contribution in [1.82, 2.24) is 20.4 Å². The molecule has 0 bridgehead atoms. The number of ether oxygens (including phenoxy) is 1. The third kappa shape index (κ3) is 7.28. The van der Waals surface area contributed by atoms with Crippen LogP contribution in [0.5, 0.6) is 11.5 Å². The summed E-state index contributed by atoms with van der Waals surface area (Å²) in [7, 11) is 0. The normalized spacial score (nSPS) is 13.8. The van der Waals surface area contributed by atoms with Gasteiger partial charge in [0.2, 0.25) is 11.8 Å². The van der Waals surface area contributed by atoms with E-state index in [9.17, 15) is 14.4 Å². The van der Waals surface area contributed by atoms with E-state index < -0.39 is 5.54 Å². The number of amides is 3. The van der Waals surface area contributed by atoms with Crippen molar-refractivity contribution in [1.29, 1.82) is 0 Å². The van der Waals surface area contributed by atoms with Crippen LogP contribution in [0.25, 0.3) is 0 Å². The number of benzene rings is 3. The Balaban J connectivity index is 1.60. The Morgan fingerprint density at radius 2 is 1.30 bits per heavy atom. The van der Waals surface area contributed by atoms with Gasteiger partial charge in [-0.25, -0.2) is 0 Å². The van der Waals surface area contributed by atoms with Gasteiger partial charge in [0.15, 0.2) is 0 Å². The van der Waals surface area contributed by atoms with Crippen LogP contribution in [0.15, 0.2) is 48.5 Å². The first-order chi connectivity index (χ1) is 24.2. The number of fused-ring (bicyclic) bond motifs is 6. The fourth-order valence-electron chi connectivity index (χ4n) is 7.11. The van der Waals surface area contributed by atoms with E-state index in [0.717, 1.165) is 52.3 Å². The van der Waals surface area contributed by atoms with Gasteiger partial charge in [0, 0.05) is 118 Å². The Bertz CT molecular complexity index is 1620. The summed E-state index contributed by atoms with van der Waals surface area (Å²) in [5.74, 6) is 1.07. The molecule has 3 aromatic rings. The second-order valence-electron chi connectivity index (χ2n) is 12.8. The van der Waals surface area contributed by atoms with Crippen LogP contribution < -0.4 is 37.5 Å². The van der Waals surface area contributed by atoms with Crippen LogP contribution in [0.1, 0.15) is 64.9 Å². The number of aryl methyl sites for hydroxylation is 2. The highest BCUT2D eigenvalue weighted by molar-refractivity contribution is 6.02. The first-order valence-electron chi connectivity index (χ1n) is 17.7. The summed E-state index contributed by atoms with van der Waals surface area (Å²) in [5, 5.41) is 12.6. The van der Waals surface area contributed by atoms with Gasteiger partial charge in [0.1, 0.15) is 17.0 Å². The van der Waals surface area contributed by atoms with Gasteiger partial charge in [-0.05, 0) is 62.6 Å². The molecule has 8 N–H and O–H groups in total. The van der Waals surface area contributed by atoms with Gasteiger partial charge in [-0.15, -0.1) is 0 Å². The summed E-state index contributed by atoms with van der Waals surface area (Å²) < 4.78 is 6.73. The second-order valence-corrected chi connectivity index (χ2v) is 12.8. The molecule has 5 rings (SSSR count). The molecule has 0 radical (unpaired) electrons. The average molecular weight is 685 g/mol. The van der Waals surface area contributed by atoms with E-state index in [1.807, 2.05) is 35.2 Å². The number of nitrogens with two attached hydrogens (primary N) is 2. The molecule has 268 valence electrons. The van der Waals surface area contributed by atoms with E-state index in [0.29, 0.717) is 69.4 Å². The van der Waals surface area contributed by atoms with Crippen molar-refractivity contribution in [2.75, 3.05) is 76.1 Å². The van der Waals surface area contributed by atoms with Gasteiger partial charge in [-0.3, -0.25) is 14.4 Å². The van der Waals surface area contributed by atoms with Gasteiger partial charge in [-0.2, -0.15) is 0 Å². The lowest BCUT2D eigenvalue weighted by Gasteiger charge is -2.45. The van der Waals surface area contributed by atoms with E-state index in [1.165, 1.54) is 0 Å². The Morgan fingerprint density at radius 1 is 0.780 bits per heavy atom. The number of anilines is 2. The van der Waals surface area contributed by atoms with E-state index >= 15 is 0 Å². The fraction of sp³-hybridized carbons (Fsp3) is 0.447. The van der Waals surface area contributed by atoms with E-state index in [1.54, 1.807) is 0 Å². The summed E-state index contributed by atoms with van der Waals surface area (Å²) in [6.07, 6.45) is 0.476. The van der Waals surface area contributed by atoms with Crippen molar-refractivity contribution >= 4 is 29.1 Å². The highest BCUT2D eigenvalue weighted by Crippen LogP contribution is 2.58. The predicted molar refractivity (Wildman–Crippen MR) is 198 cm³/mol. The van der Waals surface area contributed by atoms with Crippen LogP contribution in [0.4, 0.5) is 11.4 Å². The molecule has 0 saturated carbocycles. The van der Waals surface area contributed by atoms with E-state index in [-0.39, 0.29) is 30.6 Å². The van der Waals surface area contributed by atoms with Gasteiger partial charge in [0.05, 0.1) is 0 Å². The maximum atomic E-state index is 14.7. The zero-order valence-corrected chi connectivity index (χ0v) is 29.8. The first-order valence-corrected chi connectivity index (χ1v) is 17.7. The average Bonchev–Trinajstić information content (AvgIpc) is 3.35. The molecule has 3 amide bonds. The van der Waals surface area contributed by atoms with E-state index in [2.05, 4.69) is 72.1 Å². The number of carbonyl (C=O) groups is 3. The monoisotopic (exact) mass is 684 g/mol. The van der Waals surface area contributed by atoms with Crippen LogP contribution in [0.2, 0.25) is 0 Å². The van der Waals surface area contributed by atoms with Crippen molar-refractivity contribution in [3.8, 4) is 11.5 Å². The summed E-state index contributed by atoms with van der Waals surface area (Å²) in [6, 6.07) is 16.2. The standard InChI is InChI=1S/C38H52N8O4/c1-5-41-31-23-33-29(21-25(31)3)38(30-22-26(4)32(42-6-2)24-34(30)50-33)28-10-8-7-9-27(28)37(49)46(38)20-19-45(17-11-35(47)43-15-13-39)18-12-36(48)44-16-14-40/h7-10,21-24,41-42H,5-6,11-20,39-40H2,1-4H3,(H,43,47)(H,44,48). The smallest absolute Gasteiger partial charge is 0.255 e. The highest BCUT2D eigenvalue weighted by atomic mass is 16.5. The highest BCUT2D eigenvalue weighted by Gasteiger charge is 2.56. The summed E-state index contributed by atoms with van der Waals surface area (Å²) >= 11 is 0. The molecule has 1 spiro atoms. The minimum Gasteiger partial charge on any atom is -0.456 e. The Morgan fingerprint density at radius 3 is 1.80 bits per heavy atom. The summed E-state index contributed by atoms with van der Waals surface area (Å²) in [5.41, 5.74) is 17.6. The molecular weight excluding hydrogens is 632 g/mol. The van der Waals surface area contributed by atoms with Crippen molar-refractivity contribution in [2.24, 2.45) is 11.5 Å². The molecule has 2 heterocycles. The lowest BCUT2D eigenvalue weighted by atomic mass is 9.73. The number of hydrogen-bond donors (Lipinski definition) is 6. The topological polar surface area (TPSA) is 167 Å². The fourth-order valence-corrected chi connectivity index (χ4v) is 7.11. The maximum Gasteiger partial charge on any atom is 0.255 e. The van der Waals surface area contributed by atoms with Crippen LogP contribution in [0.3, 0.4) is 0 Å². The molecule has 0 unspecified atom stereocenters. The van der Waals surface area contributed by atoms with Crippen LogP contribution in [-0.4, -0.2) is 93.0 Å². The Hall–Kier alpha value is -4.65. The molecule has 2 aliphatic rings. The van der Waals surface area contributed by atoms with Crippen molar-refractivity contribution in [2.45, 2.75) is 46.1 Å². The molecular formula is C38H52N8O4. The maximum absolute atomic E-state index is 14.7. The third-order valence-electron chi connectivity index (χ3n) is 9.47. The second kappa shape index (κ2) is 16.4. The molecule has 2 aliphatic heterocycles. The number of nitrogens with zero attached hydrogens (tertiary/aromatic N) is 2. The zero-order valence-electron chi connectivity index (χ0n) is 29.8. The van der Waals surface area contributed by atoms with Gasteiger partial charge < -0.3 is 47.3 Å². The quantitative estimate of drug-likeness (QED) is 0.125. The molecule has 0 atom stereocenters. The third-order valence-corrected chi connectivity index (χ3v) is 9.47. The predicted octanol–water partition coefficient (Wildman–Crippen LogP) is 3.25. The molecule has 0 aromatic heterocycles. The Kier molecular flexibility index (Phi) is 12.0. The van der Waals surface area contributed by atoms with Gasteiger partial charge in [0.25, 0.3) is 5.91 Å². The molecule has 12 nitrogen and oxygen atoms in total. The molecule has 0 fully saturated rings. The van der Waals surface area contributed by atoms with Crippen molar-refractivity contribution in [3.05, 3.63) is 81.9 Å². The van der Waals surface area contributed by atoms with Crippen molar-refractivity contribution < 1.29 is 19.1 Å². The zero-order chi connectivity index (χ0) is 35.8. The van der Waals surface area contributed by atoms with Crippen LogP contribution in [-0.2, 0) is 15.1 Å². The molecule has 0 saturated heterocycles. The number of nitrogens with one attached hydrogen (secondary N) is 4. The van der Waals surface area contributed by atoms with Gasteiger partial charge >= 0.3 is 0 Å². The summed E-state index contributed by atoms with van der Waals surface area (Å²) in [4.78, 5) is 43.9. The minimum absolute atomic E-state index is 0.0810. The molecule has 12 heteroatoms. The first kappa shape index (κ1) is 36.6. The van der Waals surface area contributed by atoms with Crippen LogP contribution >= 0.6 is 0 Å². The van der Waals surface area contributed by atoms with Gasteiger partial charge in [-0.1, -0.05) is 18.2 Å². The number of hydrogen-bond acceptors (Lipinski definition) is 9. The molecule has 3 aromatic carbocycles. The largest absolute Gasteiger partial charge is 0.456 e. The minimum atomic E-state index is -0.982. The molecule has 0 aliphatic carbocycles. The number of rotatable bonds is 17. The molecule has 50 heavy (non-hydrogen) atoms. The summed E-state index contributed by atoms with van der Waals surface area (Å²) in [6.45, 7) is 12.9. The van der Waals surface area contributed by atoms with E-state index in [4.69, 9.17) is 16.2 Å². The lowest BCUT2D eigenvalue weighted by Crippen LogP contribution is -2.50. The lowest BCUT2D eigenvalue weighted by molar-refractivity contribution is -0.121. The van der Waals surface area contributed by atoms with Crippen LogP contribution in [0, 0.1) is 13.8 Å². The SMILES string of the molecule is CCNc1cc2c(cc1C)C1(c3cc(C)c(NCC)cc3O2)c2ccccc2C(=O)N1CCN(CCC(=O)NCCN)CCC(=O)NCCN. The van der Waals surface area contributed by atoms with Crippen molar-refractivity contribution in [3.63, 3.8) is 0 Å². The number of carbonyl (C=O) groups excluding carboxylic acids is 3. The Labute approximate surface area is 295 Å².